The summed E-state index contributed by atoms with van der Waals surface area (Å²) in [5.74, 6) is 0.0239. The summed E-state index contributed by atoms with van der Waals surface area (Å²) >= 11 is 5.46. The molecule has 1 rings (SSSR count). The zero-order valence-corrected chi connectivity index (χ0v) is 8.83. The van der Waals surface area contributed by atoms with E-state index in [1.165, 1.54) is 12.1 Å². The Bertz CT molecular complexity index is 330. The smallest absolute Gasteiger partial charge is 0.395 e. The zero-order chi connectivity index (χ0) is 12.2. The molecule has 0 saturated heterocycles. The Kier molecular flexibility index (Phi) is 4.31. The molecule has 0 fully saturated rings. The highest BCUT2D eigenvalue weighted by atomic mass is 35.5. The maximum atomic E-state index is 12.2. The third-order valence-electron chi connectivity index (χ3n) is 1.68. The van der Waals surface area contributed by atoms with Gasteiger partial charge in [0.15, 0.2) is 11.0 Å². The van der Waals surface area contributed by atoms with Crippen molar-refractivity contribution in [2.24, 2.45) is 0 Å². The van der Waals surface area contributed by atoms with Gasteiger partial charge in [0, 0.05) is 6.54 Å². The quantitative estimate of drug-likeness (QED) is 0.886. The summed E-state index contributed by atoms with van der Waals surface area (Å²) in [7, 11) is 0. The van der Waals surface area contributed by atoms with Crippen molar-refractivity contribution in [1.29, 1.82) is 0 Å². The Labute approximate surface area is 94.7 Å². The molecule has 1 aromatic heterocycles. The van der Waals surface area contributed by atoms with Gasteiger partial charge < -0.3 is 10.0 Å². The lowest BCUT2D eigenvalue weighted by molar-refractivity contribution is -0.120. The molecular formula is C8H9ClF3N3O. The van der Waals surface area contributed by atoms with E-state index in [4.69, 9.17) is 16.7 Å². The Morgan fingerprint density at radius 3 is 2.44 bits per heavy atom. The van der Waals surface area contributed by atoms with Crippen molar-refractivity contribution >= 4 is 17.4 Å². The van der Waals surface area contributed by atoms with E-state index in [2.05, 4.69) is 10.2 Å². The maximum absolute atomic E-state index is 12.2. The number of alkyl halides is 3. The van der Waals surface area contributed by atoms with Gasteiger partial charge in [-0.15, -0.1) is 10.2 Å². The minimum atomic E-state index is -4.36. The fraction of sp³-hybridized carbons (Fsp3) is 0.500. The first-order chi connectivity index (χ1) is 7.42. The molecular weight excluding hydrogens is 247 g/mol. The van der Waals surface area contributed by atoms with Crippen LogP contribution in [0.5, 0.6) is 0 Å². The van der Waals surface area contributed by atoms with Crippen LogP contribution in [0.15, 0.2) is 12.1 Å². The SMILES string of the molecule is OCCN(CC(F)(F)F)c1ccc(Cl)nn1. The molecule has 0 amide bonds. The fourth-order valence-corrected chi connectivity index (χ4v) is 1.19. The molecule has 0 aliphatic rings. The van der Waals surface area contributed by atoms with Gasteiger partial charge in [0.2, 0.25) is 0 Å². The minimum absolute atomic E-state index is 0.0239. The molecule has 8 heteroatoms. The third-order valence-corrected chi connectivity index (χ3v) is 1.88. The summed E-state index contributed by atoms with van der Waals surface area (Å²) in [5, 5.41) is 15.7. The monoisotopic (exact) mass is 255 g/mol. The minimum Gasteiger partial charge on any atom is -0.395 e. The highest BCUT2D eigenvalue weighted by Crippen LogP contribution is 2.20. The average Bonchev–Trinajstić information content (AvgIpc) is 2.16. The number of aliphatic hydroxyl groups is 1. The molecule has 0 aliphatic heterocycles. The summed E-state index contributed by atoms with van der Waals surface area (Å²) in [4.78, 5) is 0.878. The van der Waals surface area contributed by atoms with Crippen LogP contribution in [0.3, 0.4) is 0 Å². The van der Waals surface area contributed by atoms with Crippen LogP contribution in [-0.2, 0) is 0 Å². The number of nitrogens with zero attached hydrogens (tertiary/aromatic N) is 3. The number of rotatable bonds is 4. The van der Waals surface area contributed by atoms with E-state index < -0.39 is 19.3 Å². The van der Waals surface area contributed by atoms with Crippen molar-refractivity contribution in [3.05, 3.63) is 17.3 Å². The molecule has 0 bridgehead atoms. The van der Waals surface area contributed by atoms with Gasteiger partial charge in [0.05, 0.1) is 6.61 Å². The van der Waals surface area contributed by atoms with Crippen LogP contribution in [0.1, 0.15) is 0 Å². The normalized spacial score (nSPS) is 11.6. The third kappa shape index (κ3) is 4.19. The Morgan fingerprint density at radius 2 is 2.00 bits per heavy atom. The lowest BCUT2D eigenvalue weighted by atomic mass is 10.4. The second-order valence-electron chi connectivity index (χ2n) is 2.97. The van der Waals surface area contributed by atoms with E-state index in [9.17, 15) is 13.2 Å². The van der Waals surface area contributed by atoms with Crippen LogP contribution in [0.2, 0.25) is 5.15 Å². The molecule has 0 aliphatic carbocycles. The van der Waals surface area contributed by atoms with Gasteiger partial charge in [0.1, 0.15) is 6.54 Å². The van der Waals surface area contributed by atoms with Crippen molar-refractivity contribution in [1.82, 2.24) is 10.2 Å². The number of aliphatic hydroxyl groups excluding tert-OH is 1. The number of aromatic nitrogens is 2. The summed E-state index contributed by atoms with van der Waals surface area (Å²) < 4.78 is 36.6. The van der Waals surface area contributed by atoms with Gasteiger partial charge in [-0.1, -0.05) is 11.6 Å². The predicted octanol–water partition coefficient (Wildman–Crippen LogP) is 1.49. The van der Waals surface area contributed by atoms with Gasteiger partial charge in [-0.3, -0.25) is 0 Å². The van der Waals surface area contributed by atoms with Crippen molar-refractivity contribution in [2.75, 3.05) is 24.6 Å². The van der Waals surface area contributed by atoms with Crippen molar-refractivity contribution < 1.29 is 18.3 Å². The highest BCUT2D eigenvalue weighted by molar-refractivity contribution is 6.29. The maximum Gasteiger partial charge on any atom is 0.405 e. The highest BCUT2D eigenvalue weighted by Gasteiger charge is 2.31. The van der Waals surface area contributed by atoms with Crippen LogP contribution in [0.4, 0.5) is 19.0 Å². The van der Waals surface area contributed by atoms with E-state index in [1.54, 1.807) is 0 Å². The van der Waals surface area contributed by atoms with E-state index in [0.717, 1.165) is 4.90 Å². The number of hydrogen-bond donors (Lipinski definition) is 1. The van der Waals surface area contributed by atoms with Gasteiger partial charge in [-0.25, -0.2) is 0 Å². The van der Waals surface area contributed by atoms with Crippen LogP contribution in [-0.4, -0.2) is 41.2 Å². The molecule has 0 unspecified atom stereocenters. The second kappa shape index (κ2) is 5.31. The molecule has 1 heterocycles. The summed E-state index contributed by atoms with van der Waals surface area (Å²) in [6.45, 7) is -1.76. The molecule has 90 valence electrons. The Balaban J connectivity index is 2.80. The first-order valence-corrected chi connectivity index (χ1v) is 4.72. The summed E-state index contributed by atoms with van der Waals surface area (Å²) in [6.07, 6.45) is -4.36. The van der Waals surface area contributed by atoms with Gasteiger partial charge in [0.25, 0.3) is 0 Å². The molecule has 0 saturated carbocycles. The molecule has 0 atom stereocenters. The largest absolute Gasteiger partial charge is 0.405 e. The van der Waals surface area contributed by atoms with Crippen molar-refractivity contribution in [3.63, 3.8) is 0 Å². The van der Waals surface area contributed by atoms with Gasteiger partial charge in [-0.2, -0.15) is 13.2 Å². The fourth-order valence-electron chi connectivity index (χ4n) is 1.09. The lowest BCUT2D eigenvalue weighted by Crippen LogP contribution is -2.36. The van der Waals surface area contributed by atoms with Crippen LogP contribution in [0, 0.1) is 0 Å². The van der Waals surface area contributed by atoms with E-state index >= 15 is 0 Å². The molecule has 1 aromatic rings. The molecule has 16 heavy (non-hydrogen) atoms. The van der Waals surface area contributed by atoms with E-state index in [-0.39, 0.29) is 17.5 Å². The molecule has 0 spiro atoms. The summed E-state index contributed by atoms with van der Waals surface area (Å²) in [5.41, 5.74) is 0. The summed E-state index contributed by atoms with van der Waals surface area (Å²) in [6, 6.07) is 2.65. The van der Waals surface area contributed by atoms with E-state index in [1.807, 2.05) is 0 Å². The first kappa shape index (κ1) is 13.0. The molecule has 4 nitrogen and oxygen atoms in total. The topological polar surface area (TPSA) is 49.2 Å². The second-order valence-corrected chi connectivity index (χ2v) is 3.36. The number of halogens is 4. The zero-order valence-electron chi connectivity index (χ0n) is 8.08. The molecule has 0 radical (unpaired) electrons. The standard InChI is InChI=1S/C8H9ClF3N3O/c9-6-1-2-7(14-13-6)15(3-4-16)5-8(10,11)12/h1-2,16H,3-5H2. The number of hydrogen-bond acceptors (Lipinski definition) is 4. The van der Waals surface area contributed by atoms with Crippen molar-refractivity contribution in [2.45, 2.75) is 6.18 Å². The molecule has 1 N–H and O–H groups in total. The lowest BCUT2D eigenvalue weighted by Gasteiger charge is -2.23. The van der Waals surface area contributed by atoms with Gasteiger partial charge >= 0.3 is 6.18 Å². The van der Waals surface area contributed by atoms with Crippen LogP contribution < -0.4 is 4.90 Å². The Morgan fingerprint density at radius 1 is 1.31 bits per heavy atom. The van der Waals surface area contributed by atoms with Crippen LogP contribution >= 0.6 is 11.6 Å². The number of anilines is 1. The van der Waals surface area contributed by atoms with Gasteiger partial charge in [-0.05, 0) is 12.1 Å². The Hall–Kier alpha value is -1.08. The first-order valence-electron chi connectivity index (χ1n) is 4.34. The van der Waals surface area contributed by atoms with Crippen LogP contribution in [0.25, 0.3) is 0 Å². The van der Waals surface area contributed by atoms with Crippen molar-refractivity contribution in [3.8, 4) is 0 Å². The molecule has 0 aromatic carbocycles. The average molecular weight is 256 g/mol. The predicted molar refractivity (Wildman–Crippen MR) is 52.4 cm³/mol. The van der Waals surface area contributed by atoms with E-state index in [0.29, 0.717) is 0 Å².